The molecule has 3 aromatic heterocycles. The van der Waals surface area contributed by atoms with Gasteiger partial charge in [-0.2, -0.15) is 4.21 Å². The molecule has 31 heavy (non-hydrogen) atoms. The van der Waals surface area contributed by atoms with E-state index < -0.39 is 38.4 Å². The summed E-state index contributed by atoms with van der Waals surface area (Å²) < 4.78 is 55.3. The molecule has 0 aliphatic carbocycles. The zero-order valence-corrected chi connectivity index (χ0v) is 16.8. The van der Waals surface area contributed by atoms with Gasteiger partial charge in [0.15, 0.2) is 11.5 Å². The topological polar surface area (TPSA) is 133 Å². The molecule has 4 N–H and O–H groups in total. The summed E-state index contributed by atoms with van der Waals surface area (Å²) in [6.07, 6.45) is 6.14. The highest BCUT2D eigenvalue weighted by Crippen LogP contribution is 2.34. The maximum atomic E-state index is 15.0. The number of anilines is 2. The van der Waals surface area contributed by atoms with Crippen LogP contribution in [0.5, 0.6) is 0 Å². The zero-order valence-electron chi connectivity index (χ0n) is 16.0. The molecule has 4 aromatic rings. The zero-order chi connectivity index (χ0) is 22.2. The lowest BCUT2D eigenvalue weighted by atomic mass is 10.2. The fourth-order valence-electron chi connectivity index (χ4n) is 2.83. The molecule has 12 heteroatoms. The van der Waals surface area contributed by atoms with Crippen molar-refractivity contribution in [1.82, 2.24) is 19.9 Å². The lowest BCUT2D eigenvalue weighted by molar-refractivity contribution is 0.102. The number of nitrogens with one attached hydrogen (secondary N) is 3. The minimum atomic E-state index is -4.78. The third-order valence-electron chi connectivity index (χ3n) is 4.41. The number of hydrogen-bond acceptors (Lipinski definition) is 5. The summed E-state index contributed by atoms with van der Waals surface area (Å²) in [7, 11) is -4.78. The van der Waals surface area contributed by atoms with Crippen LogP contribution in [0.3, 0.4) is 0 Å². The normalized spacial score (nSPS) is 12.8. The lowest BCUT2D eigenvalue weighted by Crippen LogP contribution is -2.39. The van der Waals surface area contributed by atoms with Crippen LogP contribution in [0.4, 0.5) is 20.2 Å². The molecule has 0 fully saturated rings. The molecule has 0 aliphatic rings. The van der Waals surface area contributed by atoms with E-state index in [0.29, 0.717) is 11.2 Å². The van der Waals surface area contributed by atoms with Crippen LogP contribution in [0.2, 0.25) is 0 Å². The average molecular weight is 446 g/mol. The first kappa shape index (κ1) is 20.5. The molecule has 3 heterocycles. The van der Waals surface area contributed by atoms with Crippen molar-refractivity contribution in [2.45, 2.75) is 4.90 Å². The number of halogens is 2. The number of imidazole rings is 1. The van der Waals surface area contributed by atoms with Gasteiger partial charge in [0.05, 0.1) is 34.2 Å². The van der Waals surface area contributed by atoms with E-state index in [9.17, 15) is 17.9 Å². The Morgan fingerprint density at radius 3 is 2.74 bits per heavy atom. The van der Waals surface area contributed by atoms with Crippen molar-refractivity contribution in [3.8, 4) is 0 Å². The van der Waals surface area contributed by atoms with Gasteiger partial charge >= 0.3 is 0 Å². The van der Waals surface area contributed by atoms with Crippen LogP contribution in [0.15, 0.2) is 60.1 Å². The number of fused-ring (bicyclic) bond motifs is 1. The van der Waals surface area contributed by atoms with E-state index in [4.69, 9.17) is 0 Å². The number of aromatic nitrogens is 4. The van der Waals surface area contributed by atoms with Crippen LogP contribution < -0.4 is 10.0 Å². The monoisotopic (exact) mass is 446 g/mol. The van der Waals surface area contributed by atoms with Crippen LogP contribution in [0.1, 0.15) is 10.4 Å². The molecule has 0 atom stereocenters. The van der Waals surface area contributed by atoms with Gasteiger partial charge in [0.2, 0.25) is 0 Å². The summed E-state index contributed by atoms with van der Waals surface area (Å²) in [4.78, 5) is 26.9. The summed E-state index contributed by atoms with van der Waals surface area (Å²) in [5, 5.41) is 2.14. The van der Waals surface area contributed by atoms with Gasteiger partial charge < -0.3 is 10.3 Å². The minimum absolute atomic E-state index is 0.0314. The van der Waals surface area contributed by atoms with E-state index in [1.54, 1.807) is 0 Å². The van der Waals surface area contributed by atoms with Crippen LogP contribution in [-0.2, 0) is 9.53 Å². The van der Waals surface area contributed by atoms with Gasteiger partial charge in [0.1, 0.15) is 11.5 Å². The number of hydrogen-bond donors (Lipinski definition) is 4. The largest absolute Gasteiger partial charge is 0.343 e. The molecule has 9 nitrogen and oxygen atoms in total. The second kappa shape index (κ2) is 7.18. The number of nitrogens with zero attached hydrogens (tertiary/aromatic N) is 3. The molecule has 0 bridgehead atoms. The number of amides is 1. The van der Waals surface area contributed by atoms with Gasteiger partial charge in [0.25, 0.3) is 5.91 Å². The van der Waals surface area contributed by atoms with Crippen LogP contribution >= 0.6 is 0 Å². The molecule has 0 saturated carbocycles. The highest BCUT2D eigenvalue weighted by Gasteiger charge is 2.27. The lowest BCUT2D eigenvalue weighted by Gasteiger charge is -2.40. The van der Waals surface area contributed by atoms with Crippen molar-refractivity contribution in [3.63, 3.8) is 0 Å². The first-order chi connectivity index (χ1) is 14.6. The fourth-order valence-corrected chi connectivity index (χ4v) is 4.34. The van der Waals surface area contributed by atoms with Gasteiger partial charge in [-0.05, 0) is 30.3 Å². The van der Waals surface area contributed by atoms with Gasteiger partial charge in [0, 0.05) is 18.6 Å². The molecule has 0 spiro atoms. The molecule has 0 saturated heterocycles. The SMILES string of the molecule is CS(=O)(O)(Nc1ccc(F)c(NC(=O)c2cnc3nc[nH]c3c2)c1F)c1cccnc1. The van der Waals surface area contributed by atoms with Gasteiger partial charge in [-0.3, -0.25) is 19.1 Å². The highest BCUT2D eigenvalue weighted by atomic mass is 32.3. The Labute approximate surface area is 174 Å². The van der Waals surface area contributed by atoms with Gasteiger partial charge in [-0.1, -0.05) is 0 Å². The van der Waals surface area contributed by atoms with Crippen molar-refractivity contribution in [2.24, 2.45) is 0 Å². The molecule has 0 aliphatic heterocycles. The molecule has 0 radical (unpaired) electrons. The van der Waals surface area contributed by atoms with E-state index in [0.717, 1.165) is 24.6 Å². The van der Waals surface area contributed by atoms with E-state index in [2.05, 4.69) is 30.0 Å². The second-order valence-corrected chi connectivity index (χ2v) is 10.1. The number of carbonyl (C=O) groups excluding carboxylic acids is 1. The number of benzene rings is 1. The molecule has 4 rings (SSSR count). The highest BCUT2D eigenvalue weighted by molar-refractivity contribution is 8.15. The van der Waals surface area contributed by atoms with E-state index in [-0.39, 0.29) is 10.5 Å². The molecule has 0 unspecified atom stereocenters. The molecule has 160 valence electrons. The quantitative estimate of drug-likeness (QED) is 0.372. The summed E-state index contributed by atoms with van der Waals surface area (Å²) >= 11 is 0. The molecule has 1 aromatic carbocycles. The van der Waals surface area contributed by atoms with Crippen LogP contribution in [-0.4, -0.2) is 40.9 Å². The molecular weight excluding hydrogens is 430 g/mol. The average Bonchev–Trinajstić information content (AvgIpc) is 3.21. The predicted octanol–water partition coefficient (Wildman–Crippen LogP) is 3.19. The molecule has 1 amide bonds. The number of pyridine rings is 2. The Balaban J connectivity index is 1.66. The first-order valence-electron chi connectivity index (χ1n) is 8.79. The fraction of sp³-hybridized carbons (Fsp3) is 0.0526. The van der Waals surface area contributed by atoms with Crippen LogP contribution in [0.25, 0.3) is 11.2 Å². The van der Waals surface area contributed by atoms with Crippen LogP contribution in [0, 0.1) is 11.6 Å². The number of rotatable bonds is 5. The summed E-state index contributed by atoms with van der Waals surface area (Å²) in [5.41, 5.74) is -0.389. The Morgan fingerprint density at radius 2 is 2.00 bits per heavy atom. The van der Waals surface area contributed by atoms with E-state index in [1.165, 1.54) is 36.9 Å². The maximum Gasteiger partial charge on any atom is 0.257 e. The Hall–Kier alpha value is -3.77. The van der Waals surface area contributed by atoms with Crippen molar-refractivity contribution in [2.75, 3.05) is 16.3 Å². The Kier molecular flexibility index (Phi) is 4.75. The molecular formula is C19H16F2N6O3S. The van der Waals surface area contributed by atoms with Crippen molar-refractivity contribution in [3.05, 3.63) is 72.4 Å². The van der Waals surface area contributed by atoms with Crippen molar-refractivity contribution >= 4 is 38.0 Å². The standard InChI is InChI=1S/C19H16F2N6O3S/c1-31(29,30,12-3-2-6-22-9-12)27-14-5-4-13(20)17(16(14)21)26-19(28)11-7-15-18(23-8-11)25-10-24-15/h2-10H,1H3,(H,26,28)(H,23,24,25)(H2,27,29,30). The second-order valence-electron chi connectivity index (χ2n) is 6.81. The maximum absolute atomic E-state index is 15.0. The summed E-state index contributed by atoms with van der Waals surface area (Å²) in [5.74, 6) is -3.14. The first-order valence-corrected chi connectivity index (χ1v) is 11.1. The minimum Gasteiger partial charge on any atom is -0.343 e. The summed E-state index contributed by atoms with van der Waals surface area (Å²) in [6.45, 7) is 0. The number of aromatic amines is 1. The Morgan fingerprint density at radius 1 is 1.19 bits per heavy atom. The summed E-state index contributed by atoms with van der Waals surface area (Å²) in [6, 6.07) is 6.04. The Bertz CT molecular complexity index is 1370. The van der Waals surface area contributed by atoms with E-state index in [1.807, 2.05) is 0 Å². The number of carbonyl (C=O) groups is 1. The predicted molar refractivity (Wildman–Crippen MR) is 111 cm³/mol. The number of H-pyrrole nitrogens is 1. The smallest absolute Gasteiger partial charge is 0.257 e. The van der Waals surface area contributed by atoms with Crippen molar-refractivity contribution in [1.29, 1.82) is 0 Å². The van der Waals surface area contributed by atoms with E-state index >= 15 is 4.39 Å². The van der Waals surface area contributed by atoms with Gasteiger partial charge in [-0.15, -0.1) is 9.53 Å². The van der Waals surface area contributed by atoms with Gasteiger partial charge in [-0.25, -0.2) is 18.7 Å². The third-order valence-corrected chi connectivity index (χ3v) is 6.46. The van der Waals surface area contributed by atoms with Crippen molar-refractivity contribution < 1.29 is 22.3 Å². The third kappa shape index (κ3) is 3.98.